The van der Waals surface area contributed by atoms with Crippen molar-refractivity contribution in [2.75, 3.05) is 13.2 Å². The molecule has 0 aliphatic carbocycles. The van der Waals surface area contributed by atoms with Crippen LogP contribution in [-0.2, 0) is 9.53 Å². The molecule has 1 saturated heterocycles. The number of ether oxygens (including phenoxy) is 1. The van der Waals surface area contributed by atoms with Crippen LogP contribution >= 0.6 is 11.6 Å². The van der Waals surface area contributed by atoms with Gasteiger partial charge in [0.2, 0.25) is 5.91 Å². The number of pyridine rings is 1. The molecule has 7 nitrogen and oxygen atoms in total. The van der Waals surface area contributed by atoms with E-state index in [9.17, 15) is 9.59 Å². The van der Waals surface area contributed by atoms with Crippen LogP contribution < -0.4 is 10.6 Å². The van der Waals surface area contributed by atoms with E-state index in [1.807, 2.05) is 13.0 Å². The highest BCUT2D eigenvalue weighted by molar-refractivity contribution is 6.29. The number of amides is 2. The highest BCUT2D eigenvalue weighted by Crippen LogP contribution is 2.14. The summed E-state index contributed by atoms with van der Waals surface area (Å²) in [5, 5.41) is 6.12. The molecule has 138 valence electrons. The summed E-state index contributed by atoms with van der Waals surface area (Å²) >= 11 is 5.93. The van der Waals surface area contributed by atoms with Gasteiger partial charge in [-0.05, 0) is 24.6 Å². The molecule has 8 heteroatoms. The zero-order valence-corrected chi connectivity index (χ0v) is 15.2. The molecule has 26 heavy (non-hydrogen) atoms. The van der Waals surface area contributed by atoms with Crippen molar-refractivity contribution < 1.29 is 14.3 Å². The van der Waals surface area contributed by atoms with E-state index >= 15 is 0 Å². The number of fused-ring (bicyclic) bond motifs is 1. The molecule has 3 rings (SSSR count). The summed E-state index contributed by atoms with van der Waals surface area (Å²) in [6.07, 6.45) is 6.79. The molecule has 2 N–H and O–H groups in total. The molecule has 1 fully saturated rings. The predicted molar refractivity (Wildman–Crippen MR) is 98.3 cm³/mol. The van der Waals surface area contributed by atoms with Crippen molar-refractivity contribution in [2.45, 2.75) is 31.8 Å². The SMILES string of the molecule is CCC/C=C/C(=O)N[C@@H]1COC[C@@H]1NC(=O)c1cccc2nc(Cl)cn12. The van der Waals surface area contributed by atoms with Crippen LogP contribution in [0, 0.1) is 0 Å². The van der Waals surface area contributed by atoms with Gasteiger partial charge >= 0.3 is 0 Å². The van der Waals surface area contributed by atoms with Crippen molar-refractivity contribution in [3.8, 4) is 0 Å². The fourth-order valence-corrected chi connectivity index (χ4v) is 3.02. The van der Waals surface area contributed by atoms with Gasteiger partial charge in [0.15, 0.2) is 0 Å². The number of rotatable bonds is 6. The summed E-state index contributed by atoms with van der Waals surface area (Å²) in [6.45, 7) is 2.75. The maximum Gasteiger partial charge on any atom is 0.268 e. The molecular weight excluding hydrogens is 356 g/mol. The number of halogens is 1. The lowest BCUT2D eigenvalue weighted by Crippen LogP contribution is -2.50. The predicted octanol–water partition coefficient (Wildman–Crippen LogP) is 1.96. The van der Waals surface area contributed by atoms with Gasteiger partial charge in [-0.25, -0.2) is 4.98 Å². The highest BCUT2D eigenvalue weighted by atomic mass is 35.5. The number of hydrogen-bond acceptors (Lipinski definition) is 4. The molecular formula is C18H21ClN4O3. The summed E-state index contributed by atoms with van der Waals surface area (Å²) in [6, 6.07) is 4.63. The van der Waals surface area contributed by atoms with Crippen LogP contribution in [0.3, 0.4) is 0 Å². The minimum Gasteiger partial charge on any atom is -0.377 e. The molecule has 1 aliphatic rings. The van der Waals surface area contributed by atoms with Crippen molar-refractivity contribution in [3.05, 3.63) is 47.4 Å². The van der Waals surface area contributed by atoms with E-state index in [1.165, 1.54) is 6.08 Å². The molecule has 0 spiro atoms. The maximum absolute atomic E-state index is 12.7. The van der Waals surface area contributed by atoms with Crippen molar-refractivity contribution in [3.63, 3.8) is 0 Å². The monoisotopic (exact) mass is 376 g/mol. The van der Waals surface area contributed by atoms with Crippen LogP contribution in [0.4, 0.5) is 0 Å². The Bertz CT molecular complexity index is 833. The van der Waals surface area contributed by atoms with Crippen molar-refractivity contribution in [2.24, 2.45) is 0 Å². The molecule has 1 aliphatic heterocycles. The Balaban J connectivity index is 1.67. The molecule has 2 amide bonds. The zero-order valence-electron chi connectivity index (χ0n) is 14.4. The van der Waals surface area contributed by atoms with Crippen LogP contribution in [0.15, 0.2) is 36.5 Å². The van der Waals surface area contributed by atoms with Crippen LogP contribution in [-0.4, -0.2) is 46.5 Å². The van der Waals surface area contributed by atoms with E-state index in [0.29, 0.717) is 29.7 Å². The Kier molecular flexibility index (Phi) is 5.90. The second-order valence-electron chi connectivity index (χ2n) is 6.13. The Morgan fingerprint density at radius 1 is 1.35 bits per heavy atom. The Morgan fingerprint density at radius 2 is 2.12 bits per heavy atom. The van der Waals surface area contributed by atoms with E-state index in [2.05, 4.69) is 15.6 Å². The lowest BCUT2D eigenvalue weighted by Gasteiger charge is -2.20. The third-order valence-electron chi connectivity index (χ3n) is 4.14. The van der Waals surface area contributed by atoms with E-state index < -0.39 is 0 Å². The number of imidazole rings is 1. The number of nitrogens with one attached hydrogen (secondary N) is 2. The Labute approximate surface area is 156 Å². The number of unbranched alkanes of at least 4 members (excludes halogenated alkanes) is 1. The maximum atomic E-state index is 12.7. The average molecular weight is 377 g/mol. The van der Waals surface area contributed by atoms with Gasteiger partial charge < -0.3 is 15.4 Å². The molecule has 0 saturated carbocycles. The summed E-state index contributed by atoms with van der Waals surface area (Å²) in [5.41, 5.74) is 1.01. The first-order valence-electron chi connectivity index (χ1n) is 8.57. The van der Waals surface area contributed by atoms with Crippen molar-refractivity contribution >= 4 is 29.1 Å². The molecule has 2 atom stereocenters. The number of nitrogens with zero attached hydrogens (tertiary/aromatic N) is 2. The number of allylic oxidation sites excluding steroid dienone is 1. The van der Waals surface area contributed by atoms with E-state index in [4.69, 9.17) is 16.3 Å². The van der Waals surface area contributed by atoms with Crippen LogP contribution in [0.2, 0.25) is 5.15 Å². The minimum atomic E-state index is -0.305. The number of carbonyl (C=O) groups excluding carboxylic acids is 2. The first-order chi connectivity index (χ1) is 12.6. The number of aromatic nitrogens is 2. The van der Waals surface area contributed by atoms with Crippen molar-refractivity contribution in [1.82, 2.24) is 20.0 Å². The van der Waals surface area contributed by atoms with Gasteiger partial charge in [-0.15, -0.1) is 0 Å². The number of hydrogen-bond donors (Lipinski definition) is 2. The summed E-state index contributed by atoms with van der Waals surface area (Å²) in [5.74, 6) is -0.461. The van der Waals surface area contributed by atoms with Gasteiger partial charge in [0.05, 0.1) is 25.3 Å². The smallest absolute Gasteiger partial charge is 0.268 e. The lowest BCUT2D eigenvalue weighted by atomic mass is 10.1. The third kappa shape index (κ3) is 4.23. The minimum absolute atomic E-state index is 0.184. The van der Waals surface area contributed by atoms with Crippen LogP contribution in [0.5, 0.6) is 0 Å². The molecule has 0 radical (unpaired) electrons. The van der Waals surface area contributed by atoms with Crippen LogP contribution in [0.25, 0.3) is 5.65 Å². The summed E-state index contributed by atoms with van der Waals surface area (Å²) < 4.78 is 7.06. The van der Waals surface area contributed by atoms with Gasteiger partial charge in [0.1, 0.15) is 16.5 Å². The largest absolute Gasteiger partial charge is 0.377 e. The first-order valence-corrected chi connectivity index (χ1v) is 8.95. The first kappa shape index (κ1) is 18.4. The fraction of sp³-hybridized carbons (Fsp3) is 0.389. The quantitative estimate of drug-likeness (QED) is 0.755. The Hall–Kier alpha value is -2.38. The second kappa shape index (κ2) is 8.33. The normalized spacial score (nSPS) is 19.9. The standard InChI is InChI=1S/C18H21ClN4O3/c1-2-3-4-8-17(24)20-12-10-26-11-13(12)21-18(25)14-6-5-7-16-22-15(19)9-23(14)16/h4-9,12-13H,2-3,10-11H2,1H3,(H,20,24)(H,21,25)/b8-4+/t12-,13+/m1/s1. The Morgan fingerprint density at radius 3 is 2.88 bits per heavy atom. The van der Waals surface area contributed by atoms with Crippen LogP contribution in [0.1, 0.15) is 30.3 Å². The molecule has 0 unspecified atom stereocenters. The van der Waals surface area contributed by atoms with E-state index in [1.54, 1.807) is 28.8 Å². The van der Waals surface area contributed by atoms with E-state index in [-0.39, 0.29) is 23.9 Å². The van der Waals surface area contributed by atoms with E-state index in [0.717, 1.165) is 12.8 Å². The van der Waals surface area contributed by atoms with Gasteiger partial charge in [-0.3, -0.25) is 14.0 Å². The molecule has 3 heterocycles. The number of carbonyl (C=O) groups is 2. The van der Waals surface area contributed by atoms with Gasteiger partial charge in [0.25, 0.3) is 5.91 Å². The summed E-state index contributed by atoms with van der Waals surface area (Å²) in [4.78, 5) is 28.8. The third-order valence-corrected chi connectivity index (χ3v) is 4.33. The molecule has 2 aromatic rings. The second-order valence-corrected chi connectivity index (χ2v) is 6.51. The summed E-state index contributed by atoms with van der Waals surface area (Å²) in [7, 11) is 0. The fourth-order valence-electron chi connectivity index (χ4n) is 2.84. The average Bonchev–Trinajstić information content (AvgIpc) is 3.20. The van der Waals surface area contributed by atoms with Gasteiger partial charge in [-0.1, -0.05) is 37.1 Å². The van der Waals surface area contributed by atoms with Crippen molar-refractivity contribution in [1.29, 1.82) is 0 Å². The molecule has 0 bridgehead atoms. The van der Waals surface area contributed by atoms with Gasteiger partial charge in [-0.2, -0.15) is 0 Å². The topological polar surface area (TPSA) is 84.7 Å². The molecule has 2 aromatic heterocycles. The highest BCUT2D eigenvalue weighted by Gasteiger charge is 2.31. The lowest BCUT2D eigenvalue weighted by molar-refractivity contribution is -0.117. The molecule has 0 aromatic carbocycles. The van der Waals surface area contributed by atoms with Gasteiger partial charge in [0, 0.05) is 6.20 Å². The zero-order chi connectivity index (χ0) is 18.5.